The lowest BCUT2D eigenvalue weighted by Gasteiger charge is -2.29. The summed E-state index contributed by atoms with van der Waals surface area (Å²) < 4.78 is 51.8. The minimum absolute atomic E-state index is 0. The number of aliphatic hydroxyl groups is 1. The second kappa shape index (κ2) is 6.93. The Balaban J connectivity index is 0.00000242. The van der Waals surface area contributed by atoms with Gasteiger partial charge in [0.1, 0.15) is 5.71 Å². The smallest absolute Gasteiger partial charge is 0.287 e. The molecule has 22 heavy (non-hydrogen) atoms. The number of carbonyl (C=O) groups excluding carboxylic acids is 1. The Kier molecular flexibility index (Phi) is 5.94. The summed E-state index contributed by atoms with van der Waals surface area (Å²) in [6, 6.07) is 5.55. The molecular weight excluding hydrogens is 395 g/mol. The van der Waals surface area contributed by atoms with Gasteiger partial charge in [0.25, 0.3) is 18.8 Å². The third-order valence-corrected chi connectivity index (χ3v) is 3.45. The lowest BCUT2D eigenvalue weighted by Crippen LogP contribution is -2.51. The second-order valence-electron chi connectivity index (χ2n) is 4.37. The van der Waals surface area contributed by atoms with Crippen LogP contribution in [-0.2, 0) is 0 Å². The Bertz CT molecular complexity index is 585. The van der Waals surface area contributed by atoms with Gasteiger partial charge in [0.15, 0.2) is 0 Å². The molecule has 122 valence electrons. The highest BCUT2D eigenvalue weighted by atomic mass is 79.9. The Morgan fingerprint density at radius 2 is 1.82 bits per heavy atom. The van der Waals surface area contributed by atoms with E-state index in [1.54, 1.807) is 0 Å². The first-order chi connectivity index (χ1) is 9.75. The standard InChI is InChI=1S/C12H9BrF4N2O2.ClH/c13-7-3-1-6(2-4-7)10(20)19-12(21,11(16)17)5-8(18-19)9(14)15;/h1-4,9,11,21H,5H2;1H. The maximum Gasteiger partial charge on any atom is 0.287 e. The molecule has 0 saturated carbocycles. The van der Waals surface area contributed by atoms with Crippen molar-refractivity contribution in [1.82, 2.24) is 5.01 Å². The van der Waals surface area contributed by atoms with E-state index in [-0.39, 0.29) is 23.0 Å². The predicted molar refractivity (Wildman–Crippen MR) is 76.6 cm³/mol. The number of nitrogens with zero attached hydrogens (tertiary/aromatic N) is 2. The molecule has 1 atom stereocenters. The van der Waals surface area contributed by atoms with E-state index in [4.69, 9.17) is 0 Å². The van der Waals surface area contributed by atoms with Crippen molar-refractivity contribution in [3.63, 3.8) is 0 Å². The molecule has 0 radical (unpaired) electrons. The monoisotopic (exact) mass is 404 g/mol. The van der Waals surface area contributed by atoms with Crippen LogP contribution in [0, 0.1) is 0 Å². The van der Waals surface area contributed by atoms with Crippen molar-refractivity contribution >= 4 is 40.0 Å². The number of rotatable bonds is 3. The van der Waals surface area contributed by atoms with Crippen LogP contribution < -0.4 is 0 Å². The van der Waals surface area contributed by atoms with Gasteiger partial charge < -0.3 is 5.11 Å². The van der Waals surface area contributed by atoms with Crippen LogP contribution in [-0.4, -0.2) is 40.3 Å². The van der Waals surface area contributed by atoms with Crippen LogP contribution in [0.5, 0.6) is 0 Å². The molecule has 0 fully saturated rings. The highest BCUT2D eigenvalue weighted by Gasteiger charge is 2.53. The number of hydrogen-bond donors (Lipinski definition) is 1. The van der Waals surface area contributed by atoms with Crippen LogP contribution in [0.1, 0.15) is 16.8 Å². The summed E-state index contributed by atoms with van der Waals surface area (Å²) >= 11 is 3.13. The quantitative estimate of drug-likeness (QED) is 0.785. The third kappa shape index (κ3) is 3.41. The van der Waals surface area contributed by atoms with Crippen LogP contribution in [0.4, 0.5) is 17.6 Å². The summed E-state index contributed by atoms with van der Waals surface area (Å²) in [5.41, 5.74) is -4.07. The van der Waals surface area contributed by atoms with E-state index in [1.165, 1.54) is 24.3 Å². The molecule has 1 unspecified atom stereocenters. The van der Waals surface area contributed by atoms with Gasteiger partial charge in [-0.05, 0) is 24.3 Å². The Morgan fingerprint density at radius 3 is 2.27 bits per heavy atom. The van der Waals surface area contributed by atoms with Gasteiger partial charge in [0.2, 0.25) is 5.72 Å². The summed E-state index contributed by atoms with van der Waals surface area (Å²) in [7, 11) is 0. The fourth-order valence-corrected chi connectivity index (χ4v) is 2.08. The van der Waals surface area contributed by atoms with Crippen molar-refractivity contribution in [3.8, 4) is 0 Å². The molecule has 0 aromatic heterocycles. The maximum atomic E-state index is 13.0. The van der Waals surface area contributed by atoms with Crippen molar-refractivity contribution in [2.75, 3.05) is 0 Å². The molecule has 1 aromatic carbocycles. The fraction of sp³-hybridized carbons (Fsp3) is 0.333. The molecule has 4 nitrogen and oxygen atoms in total. The van der Waals surface area contributed by atoms with Gasteiger partial charge in [0, 0.05) is 16.5 Å². The van der Waals surface area contributed by atoms with Crippen LogP contribution in [0.2, 0.25) is 0 Å². The highest BCUT2D eigenvalue weighted by molar-refractivity contribution is 9.10. The van der Waals surface area contributed by atoms with Crippen LogP contribution in [0.15, 0.2) is 33.8 Å². The molecule has 2 rings (SSSR count). The van der Waals surface area contributed by atoms with Crippen molar-refractivity contribution < 1.29 is 27.5 Å². The molecule has 1 amide bonds. The zero-order valence-corrected chi connectivity index (χ0v) is 13.1. The second-order valence-corrected chi connectivity index (χ2v) is 5.29. The van der Waals surface area contributed by atoms with Gasteiger partial charge in [0.05, 0.1) is 0 Å². The number of hydrogen-bond acceptors (Lipinski definition) is 3. The Hall–Kier alpha value is -1.19. The molecule has 0 spiro atoms. The van der Waals surface area contributed by atoms with Crippen LogP contribution in [0.3, 0.4) is 0 Å². The van der Waals surface area contributed by atoms with Gasteiger partial charge in [-0.25, -0.2) is 17.6 Å². The van der Waals surface area contributed by atoms with Gasteiger partial charge in [-0.1, -0.05) is 15.9 Å². The fourth-order valence-electron chi connectivity index (χ4n) is 1.82. The number of halogens is 6. The van der Waals surface area contributed by atoms with E-state index >= 15 is 0 Å². The first-order valence-corrected chi connectivity index (χ1v) is 6.51. The molecule has 1 aliphatic rings. The maximum absolute atomic E-state index is 13.0. The summed E-state index contributed by atoms with van der Waals surface area (Å²) in [6.45, 7) is 0. The van der Waals surface area contributed by atoms with Crippen LogP contribution in [0.25, 0.3) is 0 Å². The van der Waals surface area contributed by atoms with Crippen molar-refractivity contribution in [1.29, 1.82) is 0 Å². The lowest BCUT2D eigenvalue weighted by atomic mass is 10.1. The molecular formula is C12H10BrClF4N2O2. The number of hydrazone groups is 1. The van der Waals surface area contributed by atoms with Crippen molar-refractivity contribution in [2.45, 2.75) is 25.0 Å². The molecule has 1 N–H and O–H groups in total. The Labute approximate surface area is 137 Å². The van der Waals surface area contributed by atoms with Crippen molar-refractivity contribution in [2.24, 2.45) is 5.10 Å². The van der Waals surface area contributed by atoms with Crippen LogP contribution >= 0.6 is 28.3 Å². The van der Waals surface area contributed by atoms with Gasteiger partial charge >= 0.3 is 0 Å². The minimum Gasteiger partial charge on any atom is -0.364 e. The molecule has 1 aromatic rings. The zero-order valence-electron chi connectivity index (χ0n) is 10.7. The van der Waals surface area contributed by atoms with E-state index in [1.807, 2.05) is 0 Å². The molecule has 1 aliphatic heterocycles. The highest BCUT2D eigenvalue weighted by Crippen LogP contribution is 2.34. The molecule has 0 saturated heterocycles. The minimum atomic E-state index is -3.43. The molecule has 0 bridgehead atoms. The van der Waals surface area contributed by atoms with E-state index in [9.17, 15) is 27.5 Å². The average Bonchev–Trinajstić information content (AvgIpc) is 2.78. The van der Waals surface area contributed by atoms with Crippen molar-refractivity contribution in [3.05, 3.63) is 34.3 Å². The first kappa shape index (κ1) is 18.9. The molecule has 10 heteroatoms. The number of benzene rings is 1. The summed E-state index contributed by atoms with van der Waals surface area (Å²) in [4.78, 5) is 12.1. The SMILES string of the molecule is Cl.O=C(c1ccc(Br)cc1)N1N=C(C(F)F)CC1(O)C(F)F. The summed E-state index contributed by atoms with van der Waals surface area (Å²) in [5, 5.41) is 13.0. The largest absolute Gasteiger partial charge is 0.364 e. The van der Waals surface area contributed by atoms with Gasteiger partial charge in [-0.15, -0.1) is 12.4 Å². The number of alkyl halides is 4. The van der Waals surface area contributed by atoms with Gasteiger partial charge in [-0.2, -0.15) is 10.1 Å². The summed E-state index contributed by atoms with van der Waals surface area (Å²) in [6.07, 6.45) is -7.65. The first-order valence-electron chi connectivity index (χ1n) is 5.72. The van der Waals surface area contributed by atoms with E-state index in [0.29, 0.717) is 4.47 Å². The summed E-state index contributed by atoms with van der Waals surface area (Å²) in [5.74, 6) is -1.08. The number of amides is 1. The van der Waals surface area contributed by atoms with E-state index < -0.39 is 36.6 Å². The number of carbonyl (C=O) groups is 1. The topological polar surface area (TPSA) is 52.9 Å². The average molecular weight is 406 g/mol. The Morgan fingerprint density at radius 1 is 1.27 bits per heavy atom. The van der Waals surface area contributed by atoms with Gasteiger partial charge in [-0.3, -0.25) is 4.79 Å². The molecule has 1 heterocycles. The molecule has 0 aliphatic carbocycles. The lowest BCUT2D eigenvalue weighted by molar-refractivity contribution is -0.164. The zero-order chi connectivity index (χ0) is 15.8. The predicted octanol–water partition coefficient (Wildman–Crippen LogP) is 3.29. The van der Waals surface area contributed by atoms with E-state index in [0.717, 1.165) is 0 Å². The normalized spacial score (nSPS) is 21.1. The van der Waals surface area contributed by atoms with E-state index in [2.05, 4.69) is 21.0 Å². The third-order valence-electron chi connectivity index (χ3n) is 2.92.